The number of aryl methyl sites for hydroxylation is 1. The quantitative estimate of drug-likeness (QED) is 0.859. The first-order chi connectivity index (χ1) is 7.31. The molecule has 4 nitrogen and oxygen atoms in total. The van der Waals surface area contributed by atoms with E-state index in [1.54, 1.807) is 11.3 Å². The van der Waals surface area contributed by atoms with E-state index in [-0.39, 0.29) is 0 Å². The van der Waals surface area contributed by atoms with Gasteiger partial charge in [-0.2, -0.15) is 16.3 Å². The van der Waals surface area contributed by atoms with Crippen molar-refractivity contribution in [3.63, 3.8) is 0 Å². The first-order valence-electron chi connectivity index (χ1n) is 4.81. The summed E-state index contributed by atoms with van der Waals surface area (Å²) < 4.78 is 5.15. The van der Waals surface area contributed by atoms with Crippen LogP contribution in [-0.2, 0) is 6.42 Å². The normalized spacial score (nSPS) is 10.8. The van der Waals surface area contributed by atoms with E-state index in [0.717, 1.165) is 18.5 Å². The van der Waals surface area contributed by atoms with Gasteiger partial charge in [0.1, 0.15) is 0 Å². The van der Waals surface area contributed by atoms with Gasteiger partial charge in [-0.15, -0.1) is 0 Å². The largest absolute Gasteiger partial charge is 0.339 e. The fourth-order valence-electron chi connectivity index (χ4n) is 1.29. The minimum absolute atomic E-state index is 0.685. The molecule has 0 saturated carbocycles. The van der Waals surface area contributed by atoms with Crippen LogP contribution in [0.3, 0.4) is 0 Å². The van der Waals surface area contributed by atoms with Crippen LogP contribution in [0.1, 0.15) is 11.5 Å². The lowest BCUT2D eigenvalue weighted by Gasteiger charge is -1.91. The van der Waals surface area contributed by atoms with Gasteiger partial charge < -0.3 is 9.84 Å². The molecule has 0 atom stereocenters. The van der Waals surface area contributed by atoms with Gasteiger partial charge in [0.15, 0.2) is 0 Å². The molecule has 80 valence electrons. The minimum atomic E-state index is 0.685. The summed E-state index contributed by atoms with van der Waals surface area (Å²) in [6.45, 7) is 2.90. The van der Waals surface area contributed by atoms with Crippen molar-refractivity contribution in [1.82, 2.24) is 15.5 Å². The zero-order valence-electron chi connectivity index (χ0n) is 8.78. The topological polar surface area (TPSA) is 51.0 Å². The van der Waals surface area contributed by atoms with Crippen molar-refractivity contribution in [3.05, 3.63) is 22.2 Å². The van der Waals surface area contributed by atoms with E-state index < -0.39 is 0 Å². The summed E-state index contributed by atoms with van der Waals surface area (Å²) in [4.78, 5) is 4.34. The Kier molecular flexibility index (Phi) is 3.13. The molecule has 1 N–H and O–H groups in total. The summed E-state index contributed by atoms with van der Waals surface area (Å²) in [5.74, 6) is 1.38. The van der Waals surface area contributed by atoms with E-state index in [0.29, 0.717) is 11.7 Å². The van der Waals surface area contributed by atoms with Crippen molar-refractivity contribution < 1.29 is 4.52 Å². The molecule has 0 bridgehead atoms. The number of nitrogens with zero attached hydrogens (tertiary/aromatic N) is 2. The molecule has 5 heteroatoms. The molecule has 0 saturated heterocycles. The molecule has 0 aromatic carbocycles. The maximum absolute atomic E-state index is 5.15. The first kappa shape index (κ1) is 10.3. The molecule has 2 rings (SSSR count). The molecule has 0 amide bonds. The van der Waals surface area contributed by atoms with E-state index >= 15 is 0 Å². The van der Waals surface area contributed by atoms with Gasteiger partial charge in [0, 0.05) is 23.9 Å². The maximum atomic E-state index is 5.15. The number of nitrogens with one attached hydrogen (secondary N) is 1. The van der Waals surface area contributed by atoms with E-state index in [4.69, 9.17) is 4.52 Å². The van der Waals surface area contributed by atoms with Gasteiger partial charge in [-0.1, -0.05) is 5.16 Å². The van der Waals surface area contributed by atoms with Gasteiger partial charge in [-0.25, -0.2) is 0 Å². The predicted molar refractivity (Wildman–Crippen MR) is 60.0 cm³/mol. The predicted octanol–water partition coefficient (Wildman–Crippen LogP) is 1.87. The zero-order valence-corrected chi connectivity index (χ0v) is 9.60. The lowest BCUT2D eigenvalue weighted by molar-refractivity contribution is 0.377. The molecule has 0 radical (unpaired) electrons. The smallest absolute Gasteiger partial charge is 0.228 e. The Balaban J connectivity index is 2.17. The van der Waals surface area contributed by atoms with Crippen molar-refractivity contribution in [2.45, 2.75) is 13.3 Å². The highest BCUT2D eigenvalue weighted by molar-refractivity contribution is 7.08. The van der Waals surface area contributed by atoms with Gasteiger partial charge in [0.05, 0.1) is 0 Å². The summed E-state index contributed by atoms with van der Waals surface area (Å²) in [6.07, 6.45) is 0.771. The van der Waals surface area contributed by atoms with Crippen molar-refractivity contribution in [3.8, 4) is 11.4 Å². The maximum Gasteiger partial charge on any atom is 0.228 e. The second-order valence-corrected chi connectivity index (χ2v) is 4.08. The number of aromatic nitrogens is 2. The molecule has 0 aliphatic heterocycles. The van der Waals surface area contributed by atoms with Crippen LogP contribution in [-0.4, -0.2) is 23.7 Å². The van der Waals surface area contributed by atoms with Crippen LogP contribution in [0.4, 0.5) is 0 Å². The highest BCUT2D eigenvalue weighted by Gasteiger charge is 2.10. The molecule has 15 heavy (non-hydrogen) atoms. The van der Waals surface area contributed by atoms with Crippen molar-refractivity contribution in [2.75, 3.05) is 13.6 Å². The van der Waals surface area contributed by atoms with Crippen LogP contribution >= 0.6 is 11.3 Å². The third kappa shape index (κ3) is 2.24. The van der Waals surface area contributed by atoms with Crippen LogP contribution in [0.5, 0.6) is 0 Å². The van der Waals surface area contributed by atoms with Crippen LogP contribution in [0.15, 0.2) is 15.3 Å². The number of thiophene rings is 1. The van der Waals surface area contributed by atoms with Gasteiger partial charge in [-0.3, -0.25) is 0 Å². The Hall–Kier alpha value is -1.20. The van der Waals surface area contributed by atoms with E-state index in [9.17, 15) is 0 Å². The average Bonchev–Trinajstić information content (AvgIpc) is 2.83. The van der Waals surface area contributed by atoms with Crippen molar-refractivity contribution in [1.29, 1.82) is 0 Å². The summed E-state index contributed by atoms with van der Waals surface area (Å²) >= 11 is 1.65. The summed E-state index contributed by atoms with van der Waals surface area (Å²) in [7, 11) is 1.90. The van der Waals surface area contributed by atoms with Crippen molar-refractivity contribution in [2.24, 2.45) is 0 Å². The Labute approximate surface area is 92.3 Å². The molecule has 0 fully saturated rings. The Morgan fingerprint density at radius 1 is 1.47 bits per heavy atom. The molecule has 2 aromatic heterocycles. The molecule has 0 aliphatic carbocycles. The van der Waals surface area contributed by atoms with Gasteiger partial charge >= 0.3 is 0 Å². The highest BCUT2D eigenvalue weighted by Crippen LogP contribution is 2.23. The van der Waals surface area contributed by atoms with Crippen LogP contribution in [0, 0.1) is 6.92 Å². The summed E-state index contributed by atoms with van der Waals surface area (Å²) in [6, 6.07) is 0. The zero-order chi connectivity index (χ0) is 10.7. The SMILES string of the molecule is CNCCc1nc(-c2cscc2C)no1. The standard InChI is InChI=1S/C10H13N3OS/c1-7-5-15-6-8(7)10-12-9(14-13-10)3-4-11-2/h5-6,11H,3-4H2,1-2H3. The van der Waals surface area contributed by atoms with E-state index in [2.05, 4.69) is 27.8 Å². The second-order valence-electron chi connectivity index (χ2n) is 3.33. The van der Waals surface area contributed by atoms with Gasteiger partial charge in [-0.05, 0) is 24.9 Å². The Morgan fingerprint density at radius 2 is 2.33 bits per heavy atom. The van der Waals surface area contributed by atoms with Crippen LogP contribution in [0.25, 0.3) is 11.4 Å². The highest BCUT2D eigenvalue weighted by atomic mass is 32.1. The number of likely N-dealkylation sites (N-methyl/N-ethyl adjacent to an activating group) is 1. The molecule has 0 spiro atoms. The average molecular weight is 223 g/mol. The lowest BCUT2D eigenvalue weighted by Crippen LogP contribution is -2.10. The van der Waals surface area contributed by atoms with E-state index in [1.807, 2.05) is 12.4 Å². The first-order valence-corrected chi connectivity index (χ1v) is 5.76. The summed E-state index contributed by atoms with van der Waals surface area (Å²) in [5, 5.41) is 11.1. The molecule has 0 aliphatic rings. The molecule has 0 unspecified atom stereocenters. The third-order valence-electron chi connectivity index (χ3n) is 2.15. The third-order valence-corrected chi connectivity index (χ3v) is 3.01. The molecular weight excluding hydrogens is 210 g/mol. The Bertz CT molecular complexity index is 435. The number of hydrogen-bond acceptors (Lipinski definition) is 5. The van der Waals surface area contributed by atoms with E-state index in [1.165, 1.54) is 5.56 Å². The van der Waals surface area contributed by atoms with Crippen LogP contribution < -0.4 is 5.32 Å². The second kappa shape index (κ2) is 4.55. The molecular formula is C10H13N3OS. The fourth-order valence-corrected chi connectivity index (χ4v) is 2.11. The monoisotopic (exact) mass is 223 g/mol. The minimum Gasteiger partial charge on any atom is -0.339 e. The number of rotatable bonds is 4. The van der Waals surface area contributed by atoms with Gasteiger partial charge in [0.25, 0.3) is 0 Å². The van der Waals surface area contributed by atoms with Gasteiger partial charge in [0.2, 0.25) is 11.7 Å². The fraction of sp³-hybridized carbons (Fsp3) is 0.400. The summed E-state index contributed by atoms with van der Waals surface area (Å²) in [5.41, 5.74) is 2.26. The Morgan fingerprint density at radius 3 is 3.00 bits per heavy atom. The molecule has 2 aromatic rings. The van der Waals surface area contributed by atoms with Crippen molar-refractivity contribution >= 4 is 11.3 Å². The van der Waals surface area contributed by atoms with Crippen LogP contribution in [0.2, 0.25) is 0 Å². The lowest BCUT2D eigenvalue weighted by atomic mass is 10.2. The molecule has 2 heterocycles. The number of hydrogen-bond donors (Lipinski definition) is 1.